The summed E-state index contributed by atoms with van der Waals surface area (Å²) in [5, 5.41) is 8.49. The zero-order valence-corrected chi connectivity index (χ0v) is 7.26. The summed E-state index contributed by atoms with van der Waals surface area (Å²) in [5.41, 5.74) is 3.01. The Balaban J connectivity index is 3.08. The van der Waals surface area contributed by atoms with E-state index in [4.69, 9.17) is 5.11 Å². The van der Waals surface area contributed by atoms with Crippen molar-refractivity contribution in [2.75, 3.05) is 6.61 Å². The number of aryl methyl sites for hydroxylation is 1. The molecule has 0 aliphatic heterocycles. The highest BCUT2D eigenvalue weighted by Gasteiger charge is 1.97. The molecule has 1 rings (SSSR count). The predicted molar refractivity (Wildman–Crippen MR) is 47.7 cm³/mol. The molecule has 0 saturated carbocycles. The van der Waals surface area contributed by atoms with Crippen LogP contribution in [0.15, 0.2) is 12.3 Å². The first kappa shape index (κ1) is 8.76. The predicted octanol–water partition coefficient (Wildman–Crippen LogP) is 1.04. The maximum absolute atomic E-state index is 8.49. The molecule has 0 fully saturated rings. The van der Waals surface area contributed by atoms with E-state index < -0.39 is 0 Å². The highest BCUT2D eigenvalue weighted by molar-refractivity contribution is 5.38. The molecule has 0 bridgehead atoms. The number of rotatable bonds is 0. The second-order valence-electron chi connectivity index (χ2n) is 2.56. The van der Waals surface area contributed by atoms with E-state index in [2.05, 4.69) is 16.8 Å². The summed E-state index contributed by atoms with van der Waals surface area (Å²) in [4.78, 5) is 4.09. The summed E-state index contributed by atoms with van der Waals surface area (Å²) >= 11 is 0. The minimum absolute atomic E-state index is 0.116. The highest BCUT2D eigenvalue weighted by Crippen LogP contribution is 2.07. The highest BCUT2D eigenvalue weighted by atomic mass is 16.2. The maximum atomic E-state index is 8.49. The quantitative estimate of drug-likeness (QED) is 0.577. The molecule has 0 amide bonds. The SMILES string of the molecule is Cc1ccnc(C#CCO)c1C. The van der Waals surface area contributed by atoms with E-state index in [1.54, 1.807) is 6.20 Å². The Bertz CT molecular complexity index is 333. The molecule has 0 radical (unpaired) electrons. The topological polar surface area (TPSA) is 33.1 Å². The molecule has 0 aromatic carbocycles. The van der Waals surface area contributed by atoms with Crippen LogP contribution in [-0.2, 0) is 0 Å². The van der Waals surface area contributed by atoms with Crippen molar-refractivity contribution in [3.05, 3.63) is 29.1 Å². The summed E-state index contributed by atoms with van der Waals surface area (Å²) in [6.07, 6.45) is 1.73. The minimum Gasteiger partial charge on any atom is -0.384 e. The van der Waals surface area contributed by atoms with Crippen molar-refractivity contribution in [2.24, 2.45) is 0 Å². The second-order valence-corrected chi connectivity index (χ2v) is 2.56. The standard InChI is InChI=1S/C10H11NO/c1-8-5-6-11-10(9(8)2)4-3-7-12/h5-6,12H,7H2,1-2H3. The van der Waals surface area contributed by atoms with Crippen molar-refractivity contribution in [3.8, 4) is 11.8 Å². The molecule has 1 aromatic rings. The Morgan fingerprint density at radius 1 is 1.50 bits per heavy atom. The lowest BCUT2D eigenvalue weighted by Gasteiger charge is -1.99. The summed E-state index contributed by atoms with van der Waals surface area (Å²) in [5.74, 6) is 5.37. The number of hydrogen-bond donors (Lipinski definition) is 1. The smallest absolute Gasteiger partial charge is 0.116 e. The zero-order chi connectivity index (χ0) is 8.97. The van der Waals surface area contributed by atoms with Crippen LogP contribution in [0.5, 0.6) is 0 Å². The fraction of sp³-hybridized carbons (Fsp3) is 0.300. The normalized spacial score (nSPS) is 8.92. The van der Waals surface area contributed by atoms with Crippen LogP contribution in [0.4, 0.5) is 0 Å². The van der Waals surface area contributed by atoms with E-state index in [-0.39, 0.29) is 6.61 Å². The Morgan fingerprint density at radius 3 is 2.92 bits per heavy atom. The van der Waals surface area contributed by atoms with Gasteiger partial charge in [0.1, 0.15) is 12.3 Å². The van der Waals surface area contributed by atoms with Crippen molar-refractivity contribution in [1.29, 1.82) is 0 Å². The van der Waals surface area contributed by atoms with Crippen molar-refractivity contribution >= 4 is 0 Å². The number of hydrogen-bond acceptors (Lipinski definition) is 2. The van der Waals surface area contributed by atoms with Gasteiger partial charge in [-0.1, -0.05) is 5.92 Å². The lowest BCUT2D eigenvalue weighted by atomic mass is 10.1. The van der Waals surface area contributed by atoms with Gasteiger partial charge in [0.15, 0.2) is 0 Å². The molecule has 0 unspecified atom stereocenters. The van der Waals surface area contributed by atoms with Crippen LogP contribution in [0.2, 0.25) is 0 Å². The van der Waals surface area contributed by atoms with Crippen molar-refractivity contribution in [2.45, 2.75) is 13.8 Å². The molecule has 2 heteroatoms. The fourth-order valence-corrected chi connectivity index (χ4v) is 0.881. The number of aliphatic hydroxyl groups is 1. The molecular weight excluding hydrogens is 150 g/mol. The number of nitrogens with zero attached hydrogens (tertiary/aromatic N) is 1. The van der Waals surface area contributed by atoms with Gasteiger partial charge >= 0.3 is 0 Å². The Kier molecular flexibility index (Phi) is 2.84. The molecule has 0 spiro atoms. The van der Waals surface area contributed by atoms with Crippen molar-refractivity contribution in [1.82, 2.24) is 4.98 Å². The van der Waals surface area contributed by atoms with E-state index in [9.17, 15) is 0 Å². The lowest BCUT2D eigenvalue weighted by Crippen LogP contribution is -1.90. The number of aliphatic hydroxyl groups excluding tert-OH is 1. The van der Waals surface area contributed by atoms with Gasteiger partial charge in [-0.2, -0.15) is 0 Å². The second kappa shape index (κ2) is 3.89. The molecule has 62 valence electrons. The molecule has 2 nitrogen and oxygen atoms in total. The number of aromatic nitrogens is 1. The monoisotopic (exact) mass is 161 g/mol. The molecule has 1 heterocycles. The molecule has 0 saturated heterocycles. The Morgan fingerprint density at radius 2 is 2.25 bits per heavy atom. The summed E-state index contributed by atoms with van der Waals surface area (Å²) in [6.45, 7) is 3.87. The van der Waals surface area contributed by atoms with Gasteiger partial charge in [0, 0.05) is 6.20 Å². The fourth-order valence-electron chi connectivity index (χ4n) is 0.881. The van der Waals surface area contributed by atoms with Gasteiger partial charge in [-0.3, -0.25) is 0 Å². The van der Waals surface area contributed by atoms with Gasteiger partial charge in [-0.15, -0.1) is 0 Å². The van der Waals surface area contributed by atoms with Crippen LogP contribution in [0.25, 0.3) is 0 Å². The van der Waals surface area contributed by atoms with E-state index in [0.717, 1.165) is 11.3 Å². The zero-order valence-electron chi connectivity index (χ0n) is 7.26. The van der Waals surface area contributed by atoms with Crippen molar-refractivity contribution < 1.29 is 5.11 Å². The van der Waals surface area contributed by atoms with Gasteiger partial charge < -0.3 is 5.11 Å². The van der Waals surface area contributed by atoms with Crippen LogP contribution < -0.4 is 0 Å². The Labute approximate surface area is 72.3 Å². The molecular formula is C10H11NO. The van der Waals surface area contributed by atoms with Crippen LogP contribution in [0, 0.1) is 25.7 Å². The van der Waals surface area contributed by atoms with E-state index in [1.165, 1.54) is 5.56 Å². The van der Waals surface area contributed by atoms with Crippen LogP contribution in [-0.4, -0.2) is 16.7 Å². The van der Waals surface area contributed by atoms with Gasteiger partial charge in [-0.25, -0.2) is 4.98 Å². The van der Waals surface area contributed by atoms with E-state index in [0.29, 0.717) is 0 Å². The van der Waals surface area contributed by atoms with Gasteiger partial charge in [-0.05, 0) is 37.0 Å². The molecule has 1 aromatic heterocycles. The van der Waals surface area contributed by atoms with Crippen LogP contribution in [0.1, 0.15) is 16.8 Å². The first-order valence-electron chi connectivity index (χ1n) is 3.77. The van der Waals surface area contributed by atoms with Gasteiger partial charge in [0.2, 0.25) is 0 Å². The van der Waals surface area contributed by atoms with E-state index >= 15 is 0 Å². The minimum atomic E-state index is -0.116. The lowest BCUT2D eigenvalue weighted by molar-refractivity contribution is 0.350. The van der Waals surface area contributed by atoms with Crippen molar-refractivity contribution in [3.63, 3.8) is 0 Å². The first-order valence-corrected chi connectivity index (χ1v) is 3.77. The average Bonchev–Trinajstić information content (AvgIpc) is 2.08. The molecule has 12 heavy (non-hydrogen) atoms. The van der Waals surface area contributed by atoms with Gasteiger partial charge in [0.25, 0.3) is 0 Å². The molecule has 0 atom stereocenters. The average molecular weight is 161 g/mol. The molecule has 0 aliphatic carbocycles. The van der Waals surface area contributed by atoms with Crippen LogP contribution in [0.3, 0.4) is 0 Å². The number of pyridine rings is 1. The third kappa shape index (κ3) is 1.84. The third-order valence-corrected chi connectivity index (χ3v) is 1.76. The maximum Gasteiger partial charge on any atom is 0.116 e. The Hall–Kier alpha value is -1.33. The summed E-state index contributed by atoms with van der Waals surface area (Å²) in [7, 11) is 0. The van der Waals surface area contributed by atoms with Crippen LogP contribution >= 0.6 is 0 Å². The largest absolute Gasteiger partial charge is 0.384 e. The van der Waals surface area contributed by atoms with Gasteiger partial charge in [0.05, 0.1) is 0 Å². The molecule has 0 aliphatic rings. The first-order chi connectivity index (χ1) is 5.75. The molecule has 1 N–H and O–H groups in total. The summed E-state index contributed by atoms with van der Waals surface area (Å²) < 4.78 is 0. The van der Waals surface area contributed by atoms with E-state index in [1.807, 2.05) is 19.9 Å². The third-order valence-electron chi connectivity index (χ3n) is 1.76. The summed E-state index contributed by atoms with van der Waals surface area (Å²) in [6, 6.07) is 1.94.